The van der Waals surface area contributed by atoms with Crippen LogP contribution in [-0.2, 0) is 13.5 Å². The van der Waals surface area contributed by atoms with Crippen molar-refractivity contribution in [1.29, 1.82) is 0 Å². The van der Waals surface area contributed by atoms with Crippen LogP contribution >= 0.6 is 0 Å². The highest BCUT2D eigenvalue weighted by atomic mass is 16.7. The highest BCUT2D eigenvalue weighted by molar-refractivity contribution is 5.89. The molecule has 2 aromatic rings. The lowest BCUT2D eigenvalue weighted by Gasteiger charge is -2.05. The van der Waals surface area contributed by atoms with E-state index in [-0.39, 0.29) is 6.04 Å². The van der Waals surface area contributed by atoms with Gasteiger partial charge in [0.05, 0.1) is 5.52 Å². The van der Waals surface area contributed by atoms with Crippen molar-refractivity contribution in [3.05, 3.63) is 23.4 Å². The highest BCUT2D eigenvalue weighted by Gasteiger charge is 2.19. The van der Waals surface area contributed by atoms with Crippen LogP contribution in [0.1, 0.15) is 24.6 Å². The molecule has 1 aliphatic heterocycles. The molecular formula is C15H20N2O2. The molecule has 0 spiro atoms. The molecular weight excluding hydrogens is 240 g/mol. The molecule has 2 heterocycles. The number of aryl methyl sites for hydroxylation is 2. The summed E-state index contributed by atoms with van der Waals surface area (Å²) in [5.74, 6) is 1.69. The number of hydrogen-bond acceptors (Lipinski definition) is 3. The van der Waals surface area contributed by atoms with Gasteiger partial charge in [0.1, 0.15) is 0 Å². The summed E-state index contributed by atoms with van der Waals surface area (Å²) < 4.78 is 13.1. The highest BCUT2D eigenvalue weighted by Crippen LogP contribution is 2.39. The molecule has 4 nitrogen and oxygen atoms in total. The maximum absolute atomic E-state index is 5.88. The van der Waals surface area contributed by atoms with Gasteiger partial charge in [-0.2, -0.15) is 0 Å². The van der Waals surface area contributed by atoms with E-state index in [0.717, 1.165) is 24.3 Å². The SMILES string of the molecule is Cc1c(CCC(C)N)c2cc3c(cc2n1C)OCO3. The summed E-state index contributed by atoms with van der Waals surface area (Å²) in [4.78, 5) is 0. The second-order valence-electron chi connectivity index (χ2n) is 5.36. The monoisotopic (exact) mass is 260 g/mol. The number of fused-ring (bicyclic) bond motifs is 2. The Kier molecular flexibility index (Phi) is 2.90. The second kappa shape index (κ2) is 4.46. The van der Waals surface area contributed by atoms with Crippen molar-refractivity contribution in [2.24, 2.45) is 12.8 Å². The maximum atomic E-state index is 5.88. The van der Waals surface area contributed by atoms with E-state index < -0.39 is 0 Å². The average Bonchev–Trinajstić information content (AvgIpc) is 2.91. The first-order valence-electron chi connectivity index (χ1n) is 6.71. The Labute approximate surface area is 113 Å². The third-order valence-electron chi connectivity index (χ3n) is 3.97. The van der Waals surface area contributed by atoms with E-state index in [4.69, 9.17) is 15.2 Å². The predicted molar refractivity (Wildman–Crippen MR) is 75.7 cm³/mol. The number of aromatic nitrogens is 1. The van der Waals surface area contributed by atoms with Gasteiger partial charge in [-0.25, -0.2) is 0 Å². The minimum atomic E-state index is 0.226. The Morgan fingerprint density at radius 2 is 2.00 bits per heavy atom. The fourth-order valence-electron chi connectivity index (χ4n) is 2.72. The van der Waals surface area contributed by atoms with Gasteiger partial charge in [-0.1, -0.05) is 0 Å². The number of hydrogen-bond donors (Lipinski definition) is 1. The Morgan fingerprint density at radius 3 is 2.68 bits per heavy atom. The Bertz CT molecular complexity index is 629. The van der Waals surface area contributed by atoms with E-state index in [1.807, 2.05) is 0 Å². The van der Waals surface area contributed by atoms with Crippen LogP contribution in [0.2, 0.25) is 0 Å². The van der Waals surface area contributed by atoms with Crippen molar-refractivity contribution < 1.29 is 9.47 Å². The molecule has 2 N–H and O–H groups in total. The molecule has 0 bridgehead atoms. The minimum absolute atomic E-state index is 0.226. The van der Waals surface area contributed by atoms with E-state index in [2.05, 4.69) is 37.6 Å². The summed E-state index contributed by atoms with van der Waals surface area (Å²) in [6, 6.07) is 4.39. The summed E-state index contributed by atoms with van der Waals surface area (Å²) >= 11 is 0. The van der Waals surface area contributed by atoms with Crippen LogP contribution in [0.5, 0.6) is 11.5 Å². The van der Waals surface area contributed by atoms with E-state index >= 15 is 0 Å². The van der Waals surface area contributed by atoms with Crippen LogP contribution in [0.25, 0.3) is 10.9 Å². The number of nitrogens with zero attached hydrogens (tertiary/aromatic N) is 1. The summed E-state index contributed by atoms with van der Waals surface area (Å²) in [6.07, 6.45) is 1.99. The standard InChI is InChI=1S/C15H20N2O2/c1-9(16)4-5-11-10(2)17(3)13-7-15-14(6-12(11)13)18-8-19-15/h6-7,9H,4-5,8,16H2,1-3H3. The zero-order valence-electron chi connectivity index (χ0n) is 11.7. The van der Waals surface area contributed by atoms with Crippen LogP contribution in [0, 0.1) is 6.92 Å². The Hall–Kier alpha value is -1.68. The first kappa shape index (κ1) is 12.4. The smallest absolute Gasteiger partial charge is 0.231 e. The minimum Gasteiger partial charge on any atom is -0.454 e. The van der Waals surface area contributed by atoms with Gasteiger partial charge in [0.25, 0.3) is 0 Å². The predicted octanol–water partition coefficient (Wildman–Crippen LogP) is 2.50. The number of benzene rings is 1. The largest absolute Gasteiger partial charge is 0.454 e. The lowest BCUT2D eigenvalue weighted by atomic mass is 10.0. The lowest BCUT2D eigenvalue weighted by molar-refractivity contribution is 0.174. The van der Waals surface area contributed by atoms with Crippen LogP contribution in [0.3, 0.4) is 0 Å². The van der Waals surface area contributed by atoms with E-state index in [1.165, 1.54) is 22.2 Å². The normalized spacial score (nSPS) is 15.2. The van der Waals surface area contributed by atoms with Crippen molar-refractivity contribution in [1.82, 2.24) is 4.57 Å². The molecule has 0 fully saturated rings. The first-order valence-corrected chi connectivity index (χ1v) is 6.71. The van der Waals surface area contributed by atoms with Gasteiger partial charge in [0.15, 0.2) is 11.5 Å². The lowest BCUT2D eigenvalue weighted by Crippen LogP contribution is -2.15. The van der Waals surface area contributed by atoms with Crippen molar-refractivity contribution in [2.45, 2.75) is 32.7 Å². The van der Waals surface area contributed by atoms with Crippen molar-refractivity contribution in [3.63, 3.8) is 0 Å². The van der Waals surface area contributed by atoms with Gasteiger partial charge in [-0.05, 0) is 38.3 Å². The molecule has 0 saturated carbocycles. The molecule has 19 heavy (non-hydrogen) atoms. The summed E-state index contributed by atoms with van der Waals surface area (Å²) in [5, 5.41) is 1.25. The molecule has 3 rings (SSSR count). The fraction of sp³-hybridized carbons (Fsp3) is 0.467. The fourth-order valence-corrected chi connectivity index (χ4v) is 2.72. The molecule has 1 aliphatic rings. The first-order chi connectivity index (χ1) is 9.08. The van der Waals surface area contributed by atoms with Gasteiger partial charge in [0.2, 0.25) is 6.79 Å². The van der Waals surface area contributed by atoms with Gasteiger partial charge in [-0.3, -0.25) is 0 Å². The topological polar surface area (TPSA) is 49.4 Å². The maximum Gasteiger partial charge on any atom is 0.231 e. The number of ether oxygens (including phenoxy) is 2. The molecule has 102 valence electrons. The number of nitrogens with two attached hydrogens (primary N) is 1. The molecule has 1 aromatic carbocycles. The van der Waals surface area contributed by atoms with Gasteiger partial charge < -0.3 is 19.8 Å². The average molecular weight is 260 g/mol. The zero-order chi connectivity index (χ0) is 13.6. The van der Waals surface area contributed by atoms with Crippen molar-refractivity contribution >= 4 is 10.9 Å². The molecule has 1 unspecified atom stereocenters. The van der Waals surface area contributed by atoms with Gasteiger partial charge >= 0.3 is 0 Å². The summed E-state index contributed by atoms with van der Waals surface area (Å²) in [7, 11) is 2.09. The van der Waals surface area contributed by atoms with Crippen molar-refractivity contribution in [3.8, 4) is 11.5 Å². The zero-order valence-corrected chi connectivity index (χ0v) is 11.7. The summed E-state index contributed by atoms with van der Waals surface area (Å²) in [5.41, 5.74) is 9.74. The van der Waals surface area contributed by atoms with Crippen LogP contribution < -0.4 is 15.2 Å². The Balaban J connectivity index is 2.12. The quantitative estimate of drug-likeness (QED) is 0.922. The van der Waals surface area contributed by atoms with E-state index in [9.17, 15) is 0 Å². The summed E-state index contributed by atoms with van der Waals surface area (Å²) in [6.45, 7) is 4.53. The molecule has 0 aliphatic carbocycles. The second-order valence-corrected chi connectivity index (χ2v) is 5.36. The van der Waals surface area contributed by atoms with E-state index in [0.29, 0.717) is 6.79 Å². The van der Waals surface area contributed by atoms with Crippen LogP contribution in [0.15, 0.2) is 12.1 Å². The molecule has 1 aromatic heterocycles. The van der Waals surface area contributed by atoms with Gasteiger partial charge in [-0.15, -0.1) is 0 Å². The van der Waals surface area contributed by atoms with Crippen LogP contribution in [0.4, 0.5) is 0 Å². The third kappa shape index (κ3) is 1.96. The Morgan fingerprint density at radius 1 is 1.32 bits per heavy atom. The number of rotatable bonds is 3. The molecule has 1 atom stereocenters. The van der Waals surface area contributed by atoms with Crippen LogP contribution in [-0.4, -0.2) is 17.4 Å². The van der Waals surface area contributed by atoms with Crippen molar-refractivity contribution in [2.75, 3.05) is 6.79 Å². The molecule has 0 amide bonds. The molecule has 0 radical (unpaired) electrons. The van der Waals surface area contributed by atoms with Gasteiger partial charge in [0, 0.05) is 30.2 Å². The molecule has 4 heteroatoms. The molecule has 0 saturated heterocycles. The third-order valence-corrected chi connectivity index (χ3v) is 3.97. The van der Waals surface area contributed by atoms with E-state index in [1.54, 1.807) is 0 Å².